The Hall–Kier alpha value is -2.11. The molecule has 0 fully saturated rings. The van der Waals surface area contributed by atoms with Gasteiger partial charge in [-0.15, -0.1) is 0 Å². The molecule has 1 amide bonds. The van der Waals surface area contributed by atoms with Crippen molar-refractivity contribution in [3.05, 3.63) is 24.0 Å². The van der Waals surface area contributed by atoms with Gasteiger partial charge in [-0.2, -0.15) is 0 Å². The van der Waals surface area contributed by atoms with Gasteiger partial charge in [0, 0.05) is 11.8 Å². The van der Waals surface area contributed by atoms with E-state index in [2.05, 4.69) is 5.32 Å². The van der Waals surface area contributed by atoms with Gasteiger partial charge in [-0.1, -0.05) is 20.8 Å². The van der Waals surface area contributed by atoms with Crippen LogP contribution in [0.3, 0.4) is 0 Å². The zero-order valence-electron chi connectivity index (χ0n) is 12.6. The molecule has 1 unspecified atom stereocenters. The van der Waals surface area contributed by atoms with Gasteiger partial charge in [0.1, 0.15) is 5.92 Å². The van der Waals surface area contributed by atoms with Gasteiger partial charge >= 0.3 is 5.97 Å². The van der Waals surface area contributed by atoms with E-state index in [0.717, 1.165) is 6.07 Å². The Bertz CT molecular complexity index is 537. The number of aliphatic carboxylic acids is 1. The number of carboxylic acid groups (broad SMARTS) is 1. The Balaban J connectivity index is 2.92. The number of hydrogen-bond donors (Lipinski definition) is 2. The smallest absolute Gasteiger partial charge is 0.316 e. The molecule has 5 nitrogen and oxygen atoms in total. The minimum atomic E-state index is -1.23. The van der Waals surface area contributed by atoms with Gasteiger partial charge in [-0.05, 0) is 24.5 Å². The number of carbonyl (C=O) groups excluding carboxylic acids is 1. The van der Waals surface area contributed by atoms with Crippen LogP contribution in [-0.2, 0) is 9.59 Å². The van der Waals surface area contributed by atoms with Gasteiger partial charge in [-0.3, -0.25) is 9.59 Å². The zero-order chi connectivity index (χ0) is 16.2. The van der Waals surface area contributed by atoms with Crippen molar-refractivity contribution in [1.82, 2.24) is 0 Å². The molecule has 116 valence electrons. The highest BCUT2D eigenvalue weighted by molar-refractivity contribution is 6.04. The van der Waals surface area contributed by atoms with E-state index in [9.17, 15) is 19.1 Å². The number of hydrogen-bond acceptors (Lipinski definition) is 3. The molecule has 0 aliphatic carbocycles. The molecule has 0 aliphatic rings. The molecule has 0 aromatic heterocycles. The minimum absolute atomic E-state index is 0.0844. The summed E-state index contributed by atoms with van der Waals surface area (Å²) in [7, 11) is 0. The summed E-state index contributed by atoms with van der Waals surface area (Å²) in [5.41, 5.74) is -0.559. The van der Waals surface area contributed by atoms with Crippen molar-refractivity contribution in [1.29, 1.82) is 0 Å². The summed E-state index contributed by atoms with van der Waals surface area (Å²) in [6, 6.07) is 3.96. The number of halogens is 1. The number of carboxylic acids is 1. The second-order valence-electron chi connectivity index (χ2n) is 5.70. The second-order valence-corrected chi connectivity index (χ2v) is 5.70. The molecule has 0 bridgehead atoms. The third-order valence-electron chi connectivity index (χ3n) is 2.87. The van der Waals surface area contributed by atoms with Crippen LogP contribution in [0.25, 0.3) is 0 Å². The van der Waals surface area contributed by atoms with E-state index in [1.165, 1.54) is 12.1 Å². The quantitative estimate of drug-likeness (QED) is 0.819. The van der Waals surface area contributed by atoms with Crippen LogP contribution in [0.4, 0.5) is 10.1 Å². The Morgan fingerprint density at radius 1 is 1.38 bits per heavy atom. The number of benzene rings is 1. The maximum atomic E-state index is 13.7. The van der Waals surface area contributed by atoms with Crippen LogP contribution in [0.5, 0.6) is 5.75 Å². The molecule has 1 aromatic rings. The molecule has 0 aliphatic heterocycles. The predicted molar refractivity (Wildman–Crippen MR) is 76.8 cm³/mol. The third-order valence-corrected chi connectivity index (χ3v) is 2.87. The van der Waals surface area contributed by atoms with Gasteiger partial charge in [0.05, 0.1) is 6.61 Å². The lowest BCUT2D eigenvalue weighted by atomic mass is 9.80. The first-order valence-corrected chi connectivity index (χ1v) is 6.62. The van der Waals surface area contributed by atoms with Crippen molar-refractivity contribution in [2.24, 2.45) is 11.3 Å². The van der Waals surface area contributed by atoms with Crippen molar-refractivity contribution in [2.45, 2.75) is 27.7 Å². The van der Waals surface area contributed by atoms with E-state index in [-0.39, 0.29) is 11.4 Å². The van der Waals surface area contributed by atoms with Crippen molar-refractivity contribution in [3.8, 4) is 5.75 Å². The highest BCUT2D eigenvalue weighted by Gasteiger charge is 2.37. The Labute approximate surface area is 123 Å². The van der Waals surface area contributed by atoms with Crippen LogP contribution in [-0.4, -0.2) is 23.6 Å². The largest absolute Gasteiger partial charge is 0.491 e. The summed E-state index contributed by atoms with van der Waals surface area (Å²) in [4.78, 5) is 23.3. The van der Waals surface area contributed by atoms with E-state index in [1.807, 2.05) is 0 Å². The molecular formula is C15H20FNO4. The Morgan fingerprint density at radius 3 is 2.43 bits per heavy atom. The molecule has 0 heterocycles. The molecule has 0 spiro atoms. The van der Waals surface area contributed by atoms with Crippen molar-refractivity contribution in [2.75, 3.05) is 11.9 Å². The van der Waals surface area contributed by atoms with Crippen LogP contribution in [0.1, 0.15) is 27.7 Å². The molecule has 6 heteroatoms. The van der Waals surface area contributed by atoms with Gasteiger partial charge in [0.2, 0.25) is 5.91 Å². The summed E-state index contributed by atoms with van der Waals surface area (Å²) in [5.74, 6) is -3.66. The molecule has 0 saturated carbocycles. The molecule has 1 atom stereocenters. The van der Waals surface area contributed by atoms with Crippen LogP contribution < -0.4 is 10.1 Å². The average molecular weight is 297 g/mol. The summed E-state index contributed by atoms with van der Waals surface area (Å²) in [6.45, 7) is 7.03. The number of nitrogens with one attached hydrogen (secondary N) is 1. The van der Waals surface area contributed by atoms with Gasteiger partial charge < -0.3 is 15.2 Å². The molecule has 1 rings (SSSR count). The van der Waals surface area contributed by atoms with E-state index in [4.69, 9.17) is 4.74 Å². The van der Waals surface area contributed by atoms with Gasteiger partial charge in [0.15, 0.2) is 11.6 Å². The number of amides is 1. The van der Waals surface area contributed by atoms with E-state index in [0.29, 0.717) is 6.61 Å². The lowest BCUT2D eigenvalue weighted by Crippen LogP contribution is -2.39. The van der Waals surface area contributed by atoms with Crippen LogP contribution in [0, 0.1) is 17.2 Å². The molecule has 1 aromatic carbocycles. The van der Waals surface area contributed by atoms with E-state index < -0.39 is 29.0 Å². The van der Waals surface area contributed by atoms with E-state index >= 15 is 0 Å². The highest BCUT2D eigenvalue weighted by Crippen LogP contribution is 2.28. The topological polar surface area (TPSA) is 75.6 Å². The first-order chi connectivity index (χ1) is 9.66. The van der Waals surface area contributed by atoms with Crippen molar-refractivity contribution < 1.29 is 23.8 Å². The average Bonchev–Trinajstić information content (AvgIpc) is 2.30. The Kier molecular flexibility index (Phi) is 5.29. The van der Waals surface area contributed by atoms with Crippen LogP contribution >= 0.6 is 0 Å². The third kappa shape index (κ3) is 4.44. The second kappa shape index (κ2) is 6.56. The molecule has 21 heavy (non-hydrogen) atoms. The lowest BCUT2D eigenvalue weighted by molar-refractivity contribution is -0.149. The molecule has 2 N–H and O–H groups in total. The summed E-state index contributed by atoms with van der Waals surface area (Å²) in [6.07, 6.45) is 0. The standard InChI is InChI=1S/C15H20FNO4/c1-5-21-11-7-6-9(8-10(11)16)17-13(18)12(14(19)20)15(2,3)4/h6-8,12H,5H2,1-4H3,(H,17,18)(H,19,20). The minimum Gasteiger partial charge on any atom is -0.491 e. The zero-order valence-corrected chi connectivity index (χ0v) is 12.6. The van der Waals surface area contributed by atoms with Gasteiger partial charge in [-0.25, -0.2) is 4.39 Å². The number of carbonyl (C=O) groups is 2. The fourth-order valence-corrected chi connectivity index (χ4v) is 1.94. The molecular weight excluding hydrogens is 277 g/mol. The number of rotatable bonds is 5. The number of anilines is 1. The Morgan fingerprint density at radius 2 is 2.00 bits per heavy atom. The molecule has 0 saturated heterocycles. The van der Waals surface area contributed by atoms with E-state index in [1.54, 1.807) is 27.7 Å². The van der Waals surface area contributed by atoms with Crippen molar-refractivity contribution in [3.63, 3.8) is 0 Å². The predicted octanol–water partition coefficient (Wildman–Crippen LogP) is 2.91. The summed E-state index contributed by atoms with van der Waals surface area (Å²) >= 11 is 0. The fraction of sp³-hybridized carbons (Fsp3) is 0.467. The summed E-state index contributed by atoms with van der Waals surface area (Å²) < 4.78 is 18.7. The van der Waals surface area contributed by atoms with Gasteiger partial charge in [0.25, 0.3) is 0 Å². The first kappa shape index (κ1) is 16.9. The normalized spacial score (nSPS) is 12.6. The summed E-state index contributed by atoms with van der Waals surface area (Å²) in [5, 5.41) is 11.6. The fourth-order valence-electron chi connectivity index (χ4n) is 1.94. The maximum absolute atomic E-state index is 13.7. The lowest BCUT2D eigenvalue weighted by Gasteiger charge is -2.25. The first-order valence-electron chi connectivity index (χ1n) is 6.62. The SMILES string of the molecule is CCOc1ccc(NC(=O)C(C(=O)O)C(C)(C)C)cc1F. The monoisotopic (exact) mass is 297 g/mol. The maximum Gasteiger partial charge on any atom is 0.316 e. The van der Waals surface area contributed by atoms with Crippen molar-refractivity contribution >= 4 is 17.6 Å². The number of ether oxygens (including phenoxy) is 1. The molecule has 0 radical (unpaired) electrons. The highest BCUT2D eigenvalue weighted by atomic mass is 19.1. The van der Waals surface area contributed by atoms with Crippen LogP contribution in [0.15, 0.2) is 18.2 Å². The van der Waals surface area contributed by atoms with Crippen LogP contribution in [0.2, 0.25) is 0 Å².